The third-order valence-corrected chi connectivity index (χ3v) is 6.40. The number of piperidine rings is 1. The summed E-state index contributed by atoms with van der Waals surface area (Å²) in [5.74, 6) is 0.857. The molecule has 2 aliphatic rings. The highest BCUT2D eigenvalue weighted by atomic mass is 35.5. The fraction of sp³-hybridized carbons (Fsp3) is 0.440. The quantitative estimate of drug-likeness (QED) is 0.723. The molecule has 0 saturated carbocycles. The van der Waals surface area contributed by atoms with Gasteiger partial charge in [0.1, 0.15) is 0 Å². The number of carbonyl (C=O) groups excluding carboxylic acids is 2. The SMILES string of the molecule is CCC(C(=O)N1CCC(NC(=O)c2cc(Cl)c3c(c2)OCCCO3)CC1)c1ccccc1. The van der Waals surface area contributed by atoms with Gasteiger partial charge in [-0.15, -0.1) is 0 Å². The van der Waals surface area contributed by atoms with E-state index in [9.17, 15) is 9.59 Å². The van der Waals surface area contributed by atoms with Gasteiger partial charge < -0.3 is 19.7 Å². The van der Waals surface area contributed by atoms with E-state index in [1.54, 1.807) is 12.1 Å². The Labute approximate surface area is 193 Å². The second-order valence-corrected chi connectivity index (χ2v) is 8.69. The van der Waals surface area contributed by atoms with Crippen LogP contribution >= 0.6 is 11.6 Å². The van der Waals surface area contributed by atoms with Gasteiger partial charge >= 0.3 is 0 Å². The van der Waals surface area contributed by atoms with Gasteiger partial charge in [0.15, 0.2) is 11.5 Å². The molecular formula is C25H29ClN2O4. The van der Waals surface area contributed by atoms with Gasteiger partial charge in [-0.1, -0.05) is 48.9 Å². The van der Waals surface area contributed by atoms with Crippen LogP contribution in [0.3, 0.4) is 0 Å². The van der Waals surface area contributed by atoms with Crippen molar-refractivity contribution >= 4 is 23.4 Å². The Kier molecular flexibility index (Phi) is 7.20. The number of nitrogens with one attached hydrogen (secondary N) is 1. The average molecular weight is 457 g/mol. The molecule has 0 aromatic heterocycles. The van der Waals surface area contributed by atoms with E-state index in [2.05, 4.69) is 5.32 Å². The lowest BCUT2D eigenvalue weighted by atomic mass is 9.93. The highest BCUT2D eigenvalue weighted by Crippen LogP contribution is 2.38. The van der Waals surface area contributed by atoms with Crippen LogP contribution in [0.1, 0.15) is 54.4 Å². The predicted molar refractivity (Wildman–Crippen MR) is 124 cm³/mol. The summed E-state index contributed by atoms with van der Waals surface area (Å²) < 4.78 is 11.3. The lowest BCUT2D eigenvalue weighted by Gasteiger charge is -2.34. The van der Waals surface area contributed by atoms with Gasteiger partial charge in [-0.3, -0.25) is 9.59 Å². The monoisotopic (exact) mass is 456 g/mol. The van der Waals surface area contributed by atoms with E-state index in [1.807, 2.05) is 42.2 Å². The first-order valence-corrected chi connectivity index (χ1v) is 11.7. The molecule has 2 aromatic carbocycles. The van der Waals surface area contributed by atoms with E-state index in [1.165, 1.54) is 0 Å². The summed E-state index contributed by atoms with van der Waals surface area (Å²) >= 11 is 6.33. The van der Waals surface area contributed by atoms with Gasteiger partial charge in [0, 0.05) is 31.1 Å². The smallest absolute Gasteiger partial charge is 0.251 e. The van der Waals surface area contributed by atoms with Gasteiger partial charge in [0.25, 0.3) is 5.91 Å². The maximum Gasteiger partial charge on any atom is 0.251 e. The number of benzene rings is 2. The molecule has 7 heteroatoms. The van der Waals surface area contributed by atoms with Gasteiger partial charge in [-0.25, -0.2) is 0 Å². The van der Waals surface area contributed by atoms with Crippen molar-refractivity contribution in [3.8, 4) is 11.5 Å². The number of amides is 2. The number of carbonyl (C=O) groups is 2. The highest BCUT2D eigenvalue weighted by molar-refractivity contribution is 6.32. The molecule has 1 atom stereocenters. The van der Waals surface area contributed by atoms with Crippen LogP contribution in [-0.4, -0.2) is 49.1 Å². The fourth-order valence-electron chi connectivity index (χ4n) is 4.33. The standard InChI is InChI=1S/C25H29ClN2O4/c1-2-20(17-7-4-3-5-8-17)25(30)28-11-9-19(10-12-28)27-24(29)18-15-21(26)23-22(16-18)31-13-6-14-32-23/h3-5,7-8,15-16,19-20H,2,6,9-14H2,1H3,(H,27,29). The van der Waals surface area contributed by atoms with Crippen LogP contribution in [0.2, 0.25) is 5.02 Å². The zero-order chi connectivity index (χ0) is 22.5. The maximum absolute atomic E-state index is 13.1. The third kappa shape index (κ3) is 5.01. The second-order valence-electron chi connectivity index (χ2n) is 8.28. The summed E-state index contributed by atoms with van der Waals surface area (Å²) in [4.78, 5) is 27.9. The van der Waals surface area contributed by atoms with Crippen LogP contribution in [0.4, 0.5) is 0 Å². The fourth-order valence-corrected chi connectivity index (χ4v) is 4.60. The Morgan fingerprint density at radius 3 is 2.56 bits per heavy atom. The lowest BCUT2D eigenvalue weighted by Crippen LogP contribution is -2.47. The minimum absolute atomic E-state index is 0.0121. The Balaban J connectivity index is 1.35. The molecule has 170 valence electrons. The maximum atomic E-state index is 13.1. The number of nitrogens with zero attached hydrogens (tertiary/aromatic N) is 1. The van der Waals surface area contributed by atoms with Gasteiger partial charge in [-0.05, 0) is 37.0 Å². The number of fused-ring (bicyclic) bond motifs is 1. The molecular weight excluding hydrogens is 428 g/mol. The van der Waals surface area contributed by atoms with Crippen molar-refractivity contribution in [2.75, 3.05) is 26.3 Å². The molecule has 1 unspecified atom stereocenters. The number of hydrogen-bond donors (Lipinski definition) is 1. The molecule has 0 aliphatic carbocycles. The first-order valence-electron chi connectivity index (χ1n) is 11.3. The Morgan fingerprint density at radius 2 is 1.84 bits per heavy atom. The Morgan fingerprint density at radius 1 is 1.12 bits per heavy atom. The Bertz CT molecular complexity index is 958. The van der Waals surface area contributed by atoms with Crippen LogP contribution in [0.5, 0.6) is 11.5 Å². The van der Waals surface area contributed by atoms with E-state index in [0.29, 0.717) is 48.4 Å². The average Bonchev–Trinajstić information content (AvgIpc) is 3.07. The molecule has 0 spiro atoms. The highest BCUT2D eigenvalue weighted by Gasteiger charge is 2.29. The minimum Gasteiger partial charge on any atom is -0.489 e. The summed E-state index contributed by atoms with van der Waals surface area (Å²) in [5, 5.41) is 3.46. The number of ether oxygens (including phenoxy) is 2. The summed E-state index contributed by atoms with van der Waals surface area (Å²) in [5.41, 5.74) is 1.51. The molecule has 6 nitrogen and oxygen atoms in total. The summed E-state index contributed by atoms with van der Waals surface area (Å²) in [7, 11) is 0. The summed E-state index contributed by atoms with van der Waals surface area (Å²) in [6, 6.07) is 13.3. The van der Waals surface area contributed by atoms with Crippen molar-refractivity contribution in [3.63, 3.8) is 0 Å². The van der Waals surface area contributed by atoms with Crippen molar-refractivity contribution in [2.45, 2.75) is 44.6 Å². The molecule has 2 heterocycles. The number of halogens is 1. The number of rotatable bonds is 5. The van der Waals surface area contributed by atoms with Crippen molar-refractivity contribution < 1.29 is 19.1 Å². The molecule has 2 aromatic rings. The largest absolute Gasteiger partial charge is 0.489 e. The summed E-state index contributed by atoms with van der Waals surface area (Å²) in [6.07, 6.45) is 2.99. The Hall–Kier alpha value is -2.73. The zero-order valence-electron chi connectivity index (χ0n) is 18.3. The van der Waals surface area contributed by atoms with Crippen molar-refractivity contribution in [2.24, 2.45) is 0 Å². The van der Waals surface area contributed by atoms with Crippen molar-refractivity contribution in [3.05, 3.63) is 58.6 Å². The molecule has 0 bridgehead atoms. The molecule has 32 heavy (non-hydrogen) atoms. The van der Waals surface area contributed by atoms with Gasteiger partial charge in [-0.2, -0.15) is 0 Å². The van der Waals surface area contributed by atoms with E-state index in [0.717, 1.165) is 31.2 Å². The first-order chi connectivity index (χ1) is 15.6. The molecule has 1 fully saturated rings. The second kappa shape index (κ2) is 10.3. The molecule has 4 rings (SSSR count). The topological polar surface area (TPSA) is 67.9 Å². The molecule has 2 amide bonds. The number of likely N-dealkylation sites (tertiary alicyclic amines) is 1. The zero-order valence-corrected chi connectivity index (χ0v) is 19.1. The van der Waals surface area contributed by atoms with Crippen LogP contribution in [0, 0.1) is 0 Å². The van der Waals surface area contributed by atoms with Crippen LogP contribution in [-0.2, 0) is 4.79 Å². The normalized spacial score (nSPS) is 17.4. The lowest BCUT2D eigenvalue weighted by molar-refractivity contribution is -0.134. The van der Waals surface area contributed by atoms with E-state index >= 15 is 0 Å². The van der Waals surface area contributed by atoms with Crippen molar-refractivity contribution in [1.29, 1.82) is 0 Å². The molecule has 0 radical (unpaired) electrons. The molecule has 1 N–H and O–H groups in total. The molecule has 2 aliphatic heterocycles. The van der Waals surface area contributed by atoms with Crippen molar-refractivity contribution in [1.82, 2.24) is 10.2 Å². The van der Waals surface area contributed by atoms with Crippen LogP contribution in [0.15, 0.2) is 42.5 Å². The first kappa shape index (κ1) is 22.5. The number of hydrogen-bond acceptors (Lipinski definition) is 4. The van der Waals surface area contributed by atoms with Crippen LogP contribution in [0.25, 0.3) is 0 Å². The van der Waals surface area contributed by atoms with Gasteiger partial charge in [0.05, 0.1) is 24.2 Å². The molecule has 1 saturated heterocycles. The third-order valence-electron chi connectivity index (χ3n) is 6.11. The minimum atomic E-state index is -0.192. The van der Waals surface area contributed by atoms with Crippen LogP contribution < -0.4 is 14.8 Å². The van der Waals surface area contributed by atoms with E-state index < -0.39 is 0 Å². The van der Waals surface area contributed by atoms with Gasteiger partial charge in [0.2, 0.25) is 5.91 Å². The van der Waals surface area contributed by atoms with E-state index in [4.69, 9.17) is 21.1 Å². The summed E-state index contributed by atoms with van der Waals surface area (Å²) in [6.45, 7) is 4.38. The van der Waals surface area contributed by atoms with E-state index in [-0.39, 0.29) is 23.8 Å². The predicted octanol–water partition coefficient (Wildman–Crippen LogP) is 4.42.